The van der Waals surface area contributed by atoms with Crippen molar-refractivity contribution < 1.29 is 83.6 Å². The van der Waals surface area contributed by atoms with Crippen LogP contribution < -0.4 is 9.31 Å². The van der Waals surface area contributed by atoms with Gasteiger partial charge >= 0.3 is 21.8 Å². The molecule has 1 aliphatic rings. The van der Waals surface area contributed by atoms with Gasteiger partial charge in [-0.1, -0.05) is 41.9 Å². The Morgan fingerprint density at radius 1 is 0.511 bits per heavy atom. The van der Waals surface area contributed by atoms with Crippen LogP contribution in [0.25, 0.3) is 0 Å². The van der Waals surface area contributed by atoms with Crippen molar-refractivity contribution in [2.24, 2.45) is 0 Å². The van der Waals surface area contributed by atoms with Crippen LogP contribution in [0.5, 0.6) is 11.5 Å². The van der Waals surface area contributed by atoms with E-state index in [1.54, 1.807) is 0 Å². The maximum Gasteiger partial charge on any atom is 0.789 e. The van der Waals surface area contributed by atoms with Gasteiger partial charge in [-0.25, -0.2) is 43.9 Å². The maximum absolute atomic E-state index is 16.0. The highest BCUT2D eigenvalue weighted by atomic mass is 27.2. The molecule has 4 nitrogen and oxygen atoms in total. The molecule has 0 amide bonds. The zero-order chi connectivity index (χ0) is 35.3. The second-order valence-electron chi connectivity index (χ2n) is 9.51. The van der Waals surface area contributed by atoms with Crippen molar-refractivity contribution >= 4 is 21.8 Å². The molecule has 0 spiro atoms. The molecule has 21 heteroatoms. The van der Waals surface area contributed by atoms with E-state index in [1.807, 2.05) is 0 Å². The normalized spacial score (nSPS) is 19.8. The van der Waals surface area contributed by atoms with E-state index in [0.29, 0.717) is 12.1 Å². The molecule has 4 rings (SSSR count). The zero-order valence-corrected chi connectivity index (χ0v) is 24.0. The van der Waals surface area contributed by atoms with Crippen LogP contribution in [0.4, 0.5) is 65.9 Å². The van der Waals surface area contributed by atoms with Gasteiger partial charge in [0.05, 0.1) is 0 Å². The van der Waals surface area contributed by atoms with E-state index in [9.17, 15) is 43.9 Å². The summed E-state index contributed by atoms with van der Waals surface area (Å²) in [6.07, 6.45) is 0. The first-order valence-electron chi connectivity index (χ1n) is 12.4. The van der Waals surface area contributed by atoms with Crippen LogP contribution in [0.1, 0.15) is 5.56 Å². The van der Waals surface area contributed by atoms with Gasteiger partial charge in [-0.3, -0.25) is 0 Å². The second kappa shape index (κ2) is 13.0. The molecule has 0 unspecified atom stereocenters. The van der Waals surface area contributed by atoms with Gasteiger partial charge in [0.15, 0.2) is 28.8 Å². The standard InChI is InChI=1S/C24H5BF15O4.2CH3.Al/c26-7-9(28)13(32)17(14(33)10(7)29)42-25(43-18-15(34)11(30)8(27)12(31)16(18)35)44-23(6-4-2-1-3-5-6)19(36)21(38)24(40,41)22(39)20(23)37;;;/h1-5H;2*1H3;/q-1;;;+1. The van der Waals surface area contributed by atoms with Gasteiger partial charge < -0.3 is 17.8 Å². The maximum atomic E-state index is 16.0. The Kier molecular flexibility index (Phi) is 9.98. The number of benzene rings is 3. The Morgan fingerprint density at radius 3 is 1.19 bits per heavy atom. The third-order valence-corrected chi connectivity index (χ3v) is 6.98. The average molecular weight is 710 g/mol. The Labute approximate surface area is 257 Å². The Hall–Kier alpha value is -3.79. The van der Waals surface area contributed by atoms with Gasteiger partial charge in [0, 0.05) is 0 Å². The van der Waals surface area contributed by atoms with Gasteiger partial charge in [0.1, 0.15) is 0 Å². The quantitative estimate of drug-likeness (QED) is 0.0965. The van der Waals surface area contributed by atoms with Crippen molar-refractivity contribution in [2.45, 2.75) is 23.0 Å². The minimum absolute atomic E-state index is 0.580. The fourth-order valence-electron chi connectivity index (χ4n) is 4.10. The molecule has 3 aromatic carbocycles. The van der Waals surface area contributed by atoms with E-state index in [0.717, 1.165) is 29.8 Å². The lowest BCUT2D eigenvalue weighted by Gasteiger charge is -2.39. The van der Waals surface area contributed by atoms with Gasteiger partial charge in [0.25, 0.3) is 5.85 Å². The first-order valence-corrected chi connectivity index (χ1v) is 15.2. The molecule has 0 radical (unpaired) electrons. The molecule has 0 saturated heterocycles. The molecule has 0 N–H and O–H groups in total. The summed E-state index contributed by atoms with van der Waals surface area (Å²) in [5, 5.41) is 0. The average Bonchev–Trinajstić information content (AvgIpc) is 3.05. The van der Waals surface area contributed by atoms with E-state index in [4.69, 9.17) is 4.65 Å². The molecule has 0 bridgehead atoms. The number of rotatable bonds is 9. The van der Waals surface area contributed by atoms with Crippen molar-refractivity contribution in [1.82, 2.24) is 0 Å². The third kappa shape index (κ3) is 5.83. The van der Waals surface area contributed by atoms with Crippen LogP contribution in [-0.4, -0.2) is 27.7 Å². The fraction of sp³-hybridized carbons (Fsp3) is 0.154. The lowest BCUT2D eigenvalue weighted by molar-refractivity contribution is -0.0630. The van der Waals surface area contributed by atoms with Crippen molar-refractivity contribution in [1.29, 1.82) is 0 Å². The SMILES string of the molecule is [CH3][Al]([CH3])[O]C1(F)C(F)=C(F)C(OB(Oc2c(F)c(F)c(F)c(F)c2F)Oc2c(F)c(F)c(F)c(F)c2F)(c2ccccc2)C(F)=C1F. The number of alkyl halides is 1. The third-order valence-electron chi connectivity index (χ3n) is 6.19. The summed E-state index contributed by atoms with van der Waals surface area (Å²) < 4.78 is 237. The first kappa shape index (κ1) is 36.1. The van der Waals surface area contributed by atoms with Gasteiger partial charge in [0.2, 0.25) is 69.8 Å². The largest absolute Gasteiger partial charge is 0.789 e. The molecular formula is C26H11AlBF15O4. The number of hydrogen-bond donors (Lipinski definition) is 0. The van der Waals surface area contributed by atoms with Crippen LogP contribution in [0.2, 0.25) is 11.6 Å². The minimum atomic E-state index is -4.61. The molecule has 0 saturated carbocycles. The van der Waals surface area contributed by atoms with Crippen LogP contribution in [-0.2, 0) is 14.0 Å². The second-order valence-corrected chi connectivity index (χ2v) is 11.8. The molecule has 250 valence electrons. The highest BCUT2D eigenvalue weighted by Crippen LogP contribution is 2.55. The molecule has 0 heterocycles. The van der Waals surface area contributed by atoms with Crippen molar-refractivity contribution in [2.75, 3.05) is 0 Å². The molecule has 0 aliphatic heterocycles. The summed E-state index contributed by atoms with van der Waals surface area (Å²) in [7, 11) is -3.87. The van der Waals surface area contributed by atoms with Gasteiger partial charge in [-0.15, -0.1) is 0 Å². The Balaban J connectivity index is 2.04. The van der Waals surface area contributed by atoms with Crippen molar-refractivity contribution in [3.8, 4) is 11.5 Å². The van der Waals surface area contributed by atoms with Crippen molar-refractivity contribution in [3.63, 3.8) is 0 Å². The van der Waals surface area contributed by atoms with E-state index < -0.39 is 132 Å². The fourth-order valence-corrected chi connectivity index (χ4v) is 4.95. The van der Waals surface area contributed by atoms with Crippen LogP contribution in [0.3, 0.4) is 0 Å². The molecule has 47 heavy (non-hydrogen) atoms. The first-order chi connectivity index (χ1) is 21.8. The molecular weight excluding hydrogens is 699 g/mol. The molecule has 0 fully saturated rings. The Bertz CT molecular complexity index is 1650. The van der Waals surface area contributed by atoms with E-state index in [2.05, 4.69) is 13.1 Å². The number of halogens is 15. The molecule has 0 aromatic heterocycles. The predicted molar refractivity (Wildman–Crippen MR) is 130 cm³/mol. The van der Waals surface area contributed by atoms with Gasteiger partial charge in [-0.05, 0) is 5.56 Å². The van der Waals surface area contributed by atoms with Gasteiger partial charge in [-0.2, -0.15) is 22.0 Å². The summed E-state index contributed by atoms with van der Waals surface area (Å²) in [5.74, 6) is -47.5. The highest BCUT2D eigenvalue weighted by Gasteiger charge is 2.63. The summed E-state index contributed by atoms with van der Waals surface area (Å²) >= 11 is -2.95. The summed E-state index contributed by atoms with van der Waals surface area (Å²) in [6, 6.07) is 4.04. The van der Waals surface area contributed by atoms with Crippen LogP contribution in [0.15, 0.2) is 53.6 Å². The van der Waals surface area contributed by atoms with E-state index in [-0.39, 0.29) is 0 Å². The van der Waals surface area contributed by atoms with Crippen LogP contribution >= 0.6 is 0 Å². The predicted octanol–water partition coefficient (Wildman–Crippen LogP) is 8.68. The monoisotopic (exact) mass is 710 g/mol. The molecule has 0 atom stereocenters. The summed E-state index contributed by atoms with van der Waals surface area (Å²) in [4.78, 5) is 0. The van der Waals surface area contributed by atoms with Crippen molar-refractivity contribution in [3.05, 3.63) is 117 Å². The Morgan fingerprint density at radius 2 is 0.851 bits per heavy atom. The lowest BCUT2D eigenvalue weighted by Crippen LogP contribution is -2.50. The van der Waals surface area contributed by atoms with Crippen LogP contribution in [0, 0.1) is 58.2 Å². The summed E-state index contributed by atoms with van der Waals surface area (Å²) in [6.45, 7) is 0. The summed E-state index contributed by atoms with van der Waals surface area (Å²) in [5.41, 5.74) is -5.44. The molecule has 3 aromatic rings. The number of hydrogen-bond acceptors (Lipinski definition) is 4. The molecule has 1 aliphatic carbocycles. The zero-order valence-electron chi connectivity index (χ0n) is 22.8. The smallest absolute Gasteiger partial charge is 0.496 e. The minimum Gasteiger partial charge on any atom is -0.496 e. The highest BCUT2D eigenvalue weighted by molar-refractivity contribution is 6.48. The van der Waals surface area contributed by atoms with E-state index in [1.165, 1.54) is 0 Å². The van der Waals surface area contributed by atoms with E-state index >= 15 is 22.0 Å². The topological polar surface area (TPSA) is 36.9 Å². The lowest BCUT2D eigenvalue weighted by atomic mass is 9.83.